The molecule has 0 unspecified atom stereocenters. The Morgan fingerprint density at radius 3 is 2.67 bits per heavy atom. The van der Waals surface area contributed by atoms with Crippen LogP contribution in [0.5, 0.6) is 0 Å². The summed E-state index contributed by atoms with van der Waals surface area (Å²) in [7, 11) is 0. The molecule has 0 saturated carbocycles. The molecule has 0 bridgehead atoms. The summed E-state index contributed by atoms with van der Waals surface area (Å²) in [5.74, 6) is -0.302. The van der Waals surface area contributed by atoms with Gasteiger partial charge in [-0.3, -0.25) is 0 Å². The fraction of sp³-hybridized carbons (Fsp3) is 0.0769. The summed E-state index contributed by atoms with van der Waals surface area (Å²) in [4.78, 5) is 8.22. The zero-order valence-electron chi connectivity index (χ0n) is 9.51. The molecule has 0 spiro atoms. The molecule has 0 aliphatic carbocycles. The average molecular weight is 307 g/mol. The van der Waals surface area contributed by atoms with Gasteiger partial charge in [0.1, 0.15) is 0 Å². The van der Waals surface area contributed by atoms with Crippen LogP contribution in [0.1, 0.15) is 5.56 Å². The molecule has 2 rings (SSSR count). The predicted molar refractivity (Wildman–Crippen MR) is 71.2 cm³/mol. The van der Waals surface area contributed by atoms with E-state index in [1.807, 2.05) is 12.1 Å². The summed E-state index contributed by atoms with van der Waals surface area (Å²) in [5, 5.41) is 2.88. The van der Waals surface area contributed by atoms with Gasteiger partial charge in [0.2, 0.25) is 0 Å². The van der Waals surface area contributed by atoms with Gasteiger partial charge < -0.3 is 0 Å². The van der Waals surface area contributed by atoms with Gasteiger partial charge in [0.25, 0.3) is 0 Å². The number of anilines is 1. The quantitative estimate of drug-likeness (QED) is 0.537. The van der Waals surface area contributed by atoms with Crippen LogP contribution in [0.3, 0.4) is 0 Å². The molecule has 1 aromatic heterocycles. The van der Waals surface area contributed by atoms with E-state index >= 15 is 0 Å². The van der Waals surface area contributed by atoms with Crippen molar-refractivity contribution in [1.29, 1.82) is 0 Å². The molecule has 0 amide bonds. The number of halogens is 1. The number of para-hydroxylation sites is 1. The predicted octanol–water partition coefficient (Wildman–Crippen LogP) is 2.36. The molecule has 1 heterocycles. The fourth-order valence-corrected chi connectivity index (χ4v) is 1.73. The summed E-state index contributed by atoms with van der Waals surface area (Å²) in [5.41, 5.74) is 1.46. The zero-order valence-corrected chi connectivity index (χ0v) is 11.2. The van der Waals surface area contributed by atoms with Crippen molar-refractivity contribution in [2.24, 2.45) is 4.99 Å². The van der Waals surface area contributed by atoms with E-state index in [1.54, 1.807) is 30.6 Å². The number of rotatable bonds is 3. The molecular formula is C13H11FN3Se. The van der Waals surface area contributed by atoms with Crippen molar-refractivity contribution >= 4 is 26.4 Å². The zero-order chi connectivity index (χ0) is 12.8. The number of nitrogens with zero attached hydrogens (tertiary/aromatic N) is 2. The van der Waals surface area contributed by atoms with Crippen LogP contribution in [0.15, 0.2) is 53.8 Å². The Morgan fingerprint density at radius 1 is 1.22 bits per heavy atom. The SMILES string of the molecule is Fc1ccccc1NC([Se])=NCc1ccncc1. The monoisotopic (exact) mass is 308 g/mol. The van der Waals surface area contributed by atoms with E-state index in [2.05, 4.69) is 31.3 Å². The van der Waals surface area contributed by atoms with Crippen LogP contribution in [0.25, 0.3) is 0 Å². The van der Waals surface area contributed by atoms with E-state index in [0.29, 0.717) is 17.0 Å². The number of hydrogen-bond acceptors (Lipinski definition) is 2. The Balaban J connectivity index is 2.00. The van der Waals surface area contributed by atoms with Gasteiger partial charge in [-0.05, 0) is 0 Å². The Bertz CT molecular complexity index is 543. The van der Waals surface area contributed by atoms with Crippen molar-refractivity contribution < 1.29 is 4.39 Å². The van der Waals surface area contributed by atoms with Crippen LogP contribution in [-0.4, -0.2) is 25.7 Å². The average Bonchev–Trinajstić information content (AvgIpc) is 2.40. The topological polar surface area (TPSA) is 37.3 Å². The van der Waals surface area contributed by atoms with Crippen LogP contribution in [-0.2, 0) is 6.54 Å². The number of hydrogen-bond donors (Lipinski definition) is 1. The van der Waals surface area contributed by atoms with Gasteiger partial charge in [-0.15, -0.1) is 0 Å². The Morgan fingerprint density at radius 2 is 1.94 bits per heavy atom. The Kier molecular flexibility index (Phi) is 4.45. The second-order valence-corrected chi connectivity index (χ2v) is 4.39. The number of benzene rings is 1. The van der Waals surface area contributed by atoms with Gasteiger partial charge in [0, 0.05) is 0 Å². The molecule has 3 nitrogen and oxygen atoms in total. The maximum atomic E-state index is 13.4. The van der Waals surface area contributed by atoms with E-state index in [4.69, 9.17) is 0 Å². The Labute approximate surface area is 113 Å². The van der Waals surface area contributed by atoms with Gasteiger partial charge in [-0.25, -0.2) is 0 Å². The van der Waals surface area contributed by atoms with E-state index in [-0.39, 0.29) is 5.82 Å². The first-order chi connectivity index (χ1) is 8.75. The van der Waals surface area contributed by atoms with Gasteiger partial charge in [0.05, 0.1) is 0 Å². The van der Waals surface area contributed by atoms with Crippen molar-refractivity contribution in [3.05, 3.63) is 60.2 Å². The number of pyridine rings is 1. The number of nitrogens with one attached hydrogen (secondary N) is 1. The Hall–Kier alpha value is -1.71. The van der Waals surface area contributed by atoms with E-state index < -0.39 is 0 Å². The molecule has 18 heavy (non-hydrogen) atoms. The first-order valence-electron chi connectivity index (χ1n) is 5.37. The summed E-state index contributed by atoms with van der Waals surface area (Å²) in [6, 6.07) is 10.3. The second kappa shape index (κ2) is 6.28. The molecule has 0 aliphatic heterocycles. The maximum absolute atomic E-state index is 13.4. The van der Waals surface area contributed by atoms with Gasteiger partial charge in [-0.1, -0.05) is 0 Å². The van der Waals surface area contributed by atoms with Gasteiger partial charge in [-0.2, -0.15) is 0 Å². The van der Waals surface area contributed by atoms with Crippen molar-refractivity contribution in [1.82, 2.24) is 4.98 Å². The minimum atomic E-state index is -0.302. The number of aliphatic imine (C=N–C) groups is 1. The molecule has 5 heteroatoms. The molecule has 0 fully saturated rings. The third-order valence-electron chi connectivity index (χ3n) is 2.27. The van der Waals surface area contributed by atoms with Gasteiger partial charge >= 0.3 is 113 Å². The van der Waals surface area contributed by atoms with Crippen molar-refractivity contribution in [3.8, 4) is 0 Å². The molecule has 1 N–H and O–H groups in total. The van der Waals surface area contributed by atoms with Crippen LogP contribution >= 0.6 is 0 Å². The molecule has 91 valence electrons. The van der Waals surface area contributed by atoms with Crippen LogP contribution in [0.4, 0.5) is 10.1 Å². The summed E-state index contributed by atoms with van der Waals surface area (Å²) < 4.78 is 13.9. The van der Waals surface area contributed by atoms with E-state index in [1.165, 1.54) is 6.07 Å². The molecule has 1 aromatic carbocycles. The first-order valence-corrected chi connectivity index (χ1v) is 6.23. The molecule has 0 atom stereocenters. The minimum absolute atomic E-state index is 0.302. The molecule has 1 radical (unpaired) electrons. The summed E-state index contributed by atoms with van der Waals surface area (Å²) >= 11 is 2.78. The standard InChI is InChI=1S/C13H11FN3Se/c14-11-3-1-2-4-12(11)17-13(18)16-9-10-5-7-15-8-6-10/h1-8H,9H2,(H,16,17). The summed E-state index contributed by atoms with van der Waals surface area (Å²) in [6.07, 6.45) is 3.43. The second-order valence-electron chi connectivity index (χ2n) is 3.58. The molecule has 2 aromatic rings. The van der Waals surface area contributed by atoms with Crippen LogP contribution in [0, 0.1) is 5.82 Å². The molecular weight excluding hydrogens is 296 g/mol. The fourth-order valence-electron chi connectivity index (χ4n) is 1.37. The van der Waals surface area contributed by atoms with E-state index in [0.717, 1.165) is 5.56 Å². The first kappa shape index (κ1) is 12.7. The van der Waals surface area contributed by atoms with Gasteiger partial charge in [0.15, 0.2) is 0 Å². The number of amidine groups is 1. The number of aromatic nitrogens is 1. The van der Waals surface area contributed by atoms with Crippen molar-refractivity contribution in [2.45, 2.75) is 6.54 Å². The van der Waals surface area contributed by atoms with E-state index in [9.17, 15) is 4.39 Å². The van der Waals surface area contributed by atoms with Crippen LogP contribution < -0.4 is 5.32 Å². The third kappa shape index (κ3) is 3.65. The van der Waals surface area contributed by atoms with Crippen molar-refractivity contribution in [3.63, 3.8) is 0 Å². The van der Waals surface area contributed by atoms with Crippen molar-refractivity contribution in [2.75, 3.05) is 5.32 Å². The third-order valence-corrected chi connectivity index (χ3v) is 2.76. The summed E-state index contributed by atoms with van der Waals surface area (Å²) in [6.45, 7) is 0.520. The molecule has 0 aliphatic rings. The molecule has 0 saturated heterocycles. The normalized spacial score (nSPS) is 11.3. The van der Waals surface area contributed by atoms with Crippen LogP contribution in [0.2, 0.25) is 0 Å².